The van der Waals surface area contributed by atoms with Gasteiger partial charge in [-0.3, -0.25) is 10.1 Å². The Hall–Kier alpha value is -1.85. The first-order valence-electron chi connectivity index (χ1n) is 5.48. The lowest BCUT2D eigenvalue weighted by Gasteiger charge is -2.08. The largest absolute Gasteiger partial charge is 0.489 e. The second-order valence-corrected chi connectivity index (χ2v) is 4.71. The molecule has 0 aromatic heterocycles. The smallest absolute Gasteiger partial charge is 0.288 e. The molecular formula is C13H8Cl2FNO3. The molecule has 0 unspecified atom stereocenters. The maximum Gasteiger partial charge on any atom is 0.288 e. The van der Waals surface area contributed by atoms with Crippen molar-refractivity contribution in [2.75, 3.05) is 0 Å². The van der Waals surface area contributed by atoms with Crippen LogP contribution in [-0.4, -0.2) is 4.92 Å². The summed E-state index contributed by atoms with van der Waals surface area (Å²) in [6.45, 7) is 0.104. The third kappa shape index (κ3) is 3.37. The van der Waals surface area contributed by atoms with Crippen molar-refractivity contribution >= 4 is 28.9 Å². The van der Waals surface area contributed by atoms with Gasteiger partial charge in [0.2, 0.25) is 0 Å². The quantitative estimate of drug-likeness (QED) is 0.611. The number of ether oxygens (including phenoxy) is 1. The molecule has 20 heavy (non-hydrogen) atoms. The van der Waals surface area contributed by atoms with Crippen molar-refractivity contribution in [1.29, 1.82) is 0 Å². The molecule has 2 aromatic rings. The third-order valence-corrected chi connectivity index (χ3v) is 3.18. The number of benzene rings is 2. The topological polar surface area (TPSA) is 52.4 Å². The van der Waals surface area contributed by atoms with E-state index >= 15 is 0 Å². The number of nitro groups is 1. The second kappa shape index (κ2) is 6.07. The molecule has 4 nitrogen and oxygen atoms in total. The van der Waals surface area contributed by atoms with Crippen molar-refractivity contribution in [1.82, 2.24) is 0 Å². The van der Waals surface area contributed by atoms with Gasteiger partial charge in [0.25, 0.3) is 5.69 Å². The monoisotopic (exact) mass is 315 g/mol. The van der Waals surface area contributed by atoms with Gasteiger partial charge in [-0.2, -0.15) is 0 Å². The Labute approximate surface area is 123 Å². The van der Waals surface area contributed by atoms with E-state index in [1.165, 1.54) is 36.4 Å². The van der Waals surface area contributed by atoms with E-state index in [1.807, 2.05) is 0 Å². The highest BCUT2D eigenvalue weighted by molar-refractivity contribution is 6.32. The Morgan fingerprint density at radius 1 is 1.15 bits per heavy atom. The van der Waals surface area contributed by atoms with Crippen molar-refractivity contribution < 1.29 is 14.1 Å². The zero-order valence-electron chi connectivity index (χ0n) is 9.98. The Balaban J connectivity index is 2.11. The summed E-state index contributed by atoms with van der Waals surface area (Å²) in [4.78, 5) is 10.0. The molecule has 0 aliphatic carbocycles. The molecule has 0 saturated carbocycles. The van der Waals surface area contributed by atoms with Crippen molar-refractivity contribution in [2.24, 2.45) is 0 Å². The van der Waals surface area contributed by atoms with Crippen LogP contribution in [0.2, 0.25) is 10.0 Å². The van der Waals surface area contributed by atoms with E-state index in [4.69, 9.17) is 27.9 Å². The van der Waals surface area contributed by atoms with E-state index in [0.717, 1.165) is 0 Å². The molecule has 2 aromatic carbocycles. The summed E-state index contributed by atoms with van der Waals surface area (Å²) < 4.78 is 18.3. The van der Waals surface area contributed by atoms with Crippen LogP contribution in [0, 0.1) is 15.9 Å². The average molecular weight is 316 g/mol. The van der Waals surface area contributed by atoms with Crippen LogP contribution >= 0.6 is 23.2 Å². The summed E-state index contributed by atoms with van der Waals surface area (Å²) in [5.41, 5.74) is 0.404. The van der Waals surface area contributed by atoms with Crippen LogP contribution in [0.25, 0.3) is 0 Å². The van der Waals surface area contributed by atoms with Crippen molar-refractivity contribution in [3.63, 3.8) is 0 Å². The lowest BCUT2D eigenvalue weighted by atomic mass is 10.2. The van der Waals surface area contributed by atoms with E-state index in [0.29, 0.717) is 11.3 Å². The van der Waals surface area contributed by atoms with Gasteiger partial charge in [0.05, 0.1) is 9.95 Å². The van der Waals surface area contributed by atoms with Gasteiger partial charge in [0.15, 0.2) is 0 Å². The van der Waals surface area contributed by atoms with Crippen molar-refractivity contribution in [2.45, 2.75) is 6.61 Å². The lowest BCUT2D eigenvalue weighted by molar-refractivity contribution is -0.384. The van der Waals surface area contributed by atoms with Gasteiger partial charge in [-0.05, 0) is 18.2 Å². The Bertz CT molecular complexity index is 664. The Morgan fingerprint density at radius 3 is 2.50 bits per heavy atom. The van der Waals surface area contributed by atoms with Gasteiger partial charge >= 0.3 is 0 Å². The van der Waals surface area contributed by atoms with Gasteiger partial charge < -0.3 is 4.74 Å². The Morgan fingerprint density at radius 2 is 1.90 bits per heavy atom. The molecule has 0 spiro atoms. The summed E-state index contributed by atoms with van der Waals surface area (Å²) in [5.74, 6) is -0.0712. The minimum Gasteiger partial charge on any atom is -0.489 e. The van der Waals surface area contributed by atoms with Crippen molar-refractivity contribution in [3.8, 4) is 5.75 Å². The molecule has 104 valence electrons. The van der Waals surface area contributed by atoms with Crippen LogP contribution in [0.5, 0.6) is 5.75 Å². The van der Waals surface area contributed by atoms with Crippen molar-refractivity contribution in [3.05, 3.63) is 67.9 Å². The molecular weight excluding hydrogens is 308 g/mol. The summed E-state index contributed by atoms with van der Waals surface area (Å²) in [6.07, 6.45) is 0. The normalized spacial score (nSPS) is 10.3. The van der Waals surface area contributed by atoms with Gasteiger partial charge in [-0.1, -0.05) is 29.3 Å². The van der Waals surface area contributed by atoms with E-state index in [1.54, 1.807) is 0 Å². The summed E-state index contributed by atoms with van der Waals surface area (Å²) in [6, 6.07) is 7.99. The van der Waals surface area contributed by atoms with Crippen LogP contribution < -0.4 is 4.74 Å². The number of hydrogen-bond donors (Lipinski definition) is 0. The molecule has 0 aliphatic rings. The van der Waals surface area contributed by atoms with E-state index in [2.05, 4.69) is 0 Å². The fourth-order valence-electron chi connectivity index (χ4n) is 1.53. The minimum absolute atomic E-state index is 0.0160. The van der Waals surface area contributed by atoms with Crippen LogP contribution in [0.4, 0.5) is 10.1 Å². The van der Waals surface area contributed by atoms with Crippen LogP contribution in [-0.2, 0) is 6.61 Å². The predicted octanol–water partition coefficient (Wildman–Crippen LogP) is 4.62. The first-order chi connectivity index (χ1) is 9.47. The summed E-state index contributed by atoms with van der Waals surface area (Å²) >= 11 is 11.6. The fourth-order valence-corrected chi connectivity index (χ4v) is 1.99. The van der Waals surface area contributed by atoms with Gasteiger partial charge in [-0.15, -0.1) is 0 Å². The highest BCUT2D eigenvalue weighted by Crippen LogP contribution is 2.29. The number of nitrogens with zero attached hydrogens (tertiary/aromatic N) is 1. The highest BCUT2D eigenvalue weighted by atomic mass is 35.5. The molecule has 0 bridgehead atoms. The lowest BCUT2D eigenvalue weighted by Crippen LogP contribution is -1.97. The minimum atomic E-state index is -0.580. The molecule has 0 radical (unpaired) electrons. The summed E-state index contributed by atoms with van der Waals surface area (Å²) in [5, 5.41) is 10.8. The third-order valence-electron chi connectivity index (χ3n) is 2.53. The summed E-state index contributed by atoms with van der Waals surface area (Å²) in [7, 11) is 0. The molecule has 7 heteroatoms. The first-order valence-corrected chi connectivity index (χ1v) is 6.23. The maximum absolute atomic E-state index is 12.9. The van der Waals surface area contributed by atoms with Gasteiger partial charge in [0, 0.05) is 17.7 Å². The molecule has 0 N–H and O–H groups in total. The first kappa shape index (κ1) is 14.6. The molecule has 0 amide bonds. The SMILES string of the molecule is O=[N+]([O-])c1ccc(OCc2ccc(F)cc2Cl)cc1Cl. The van der Waals surface area contributed by atoms with Crippen LogP contribution in [0.1, 0.15) is 5.56 Å². The standard InChI is InChI=1S/C13H8Cl2FNO3/c14-11-5-9(16)2-1-8(11)7-20-10-3-4-13(17(18)19)12(15)6-10/h1-6H,7H2. The fraction of sp³-hybridized carbons (Fsp3) is 0.0769. The number of rotatable bonds is 4. The molecule has 0 fully saturated rings. The van der Waals surface area contributed by atoms with Gasteiger partial charge in [0.1, 0.15) is 23.2 Å². The highest BCUT2D eigenvalue weighted by Gasteiger charge is 2.12. The maximum atomic E-state index is 12.9. The molecule has 0 aliphatic heterocycles. The average Bonchev–Trinajstić information content (AvgIpc) is 2.37. The van der Waals surface area contributed by atoms with E-state index in [-0.39, 0.29) is 22.3 Å². The number of nitro benzene ring substituents is 1. The number of hydrogen-bond acceptors (Lipinski definition) is 3. The molecule has 0 heterocycles. The Kier molecular flexibility index (Phi) is 4.42. The molecule has 2 rings (SSSR count). The molecule has 0 saturated heterocycles. The van der Waals surface area contributed by atoms with Crippen LogP contribution in [0.3, 0.4) is 0 Å². The zero-order valence-corrected chi connectivity index (χ0v) is 11.5. The van der Waals surface area contributed by atoms with Crippen LogP contribution in [0.15, 0.2) is 36.4 Å². The van der Waals surface area contributed by atoms with E-state index in [9.17, 15) is 14.5 Å². The van der Waals surface area contributed by atoms with Gasteiger partial charge in [-0.25, -0.2) is 4.39 Å². The van der Waals surface area contributed by atoms with E-state index < -0.39 is 10.7 Å². The predicted molar refractivity (Wildman–Crippen MR) is 73.8 cm³/mol. The second-order valence-electron chi connectivity index (χ2n) is 3.89. The number of halogens is 3. The zero-order chi connectivity index (χ0) is 14.7. The molecule has 0 atom stereocenters.